The van der Waals surface area contributed by atoms with Crippen LogP contribution < -0.4 is 9.64 Å². The zero-order chi connectivity index (χ0) is 21.3. The molecule has 0 fully saturated rings. The Balaban J connectivity index is 1.89. The number of anilines is 1. The van der Waals surface area contributed by atoms with Gasteiger partial charge < -0.3 is 9.84 Å². The van der Waals surface area contributed by atoms with Crippen LogP contribution in [-0.2, 0) is 4.79 Å². The van der Waals surface area contributed by atoms with Crippen molar-refractivity contribution >= 4 is 29.2 Å². The Bertz CT molecular complexity index is 1180. The van der Waals surface area contributed by atoms with E-state index in [1.54, 1.807) is 54.6 Å². The number of imide groups is 1. The number of aromatic hydroxyl groups is 1. The first-order chi connectivity index (χ1) is 14.5. The second-order valence-electron chi connectivity index (χ2n) is 7.00. The van der Waals surface area contributed by atoms with E-state index in [-0.39, 0.29) is 17.6 Å². The number of ether oxygens (including phenoxy) is 1. The number of fused-ring (bicyclic) bond motifs is 1. The van der Waals surface area contributed by atoms with E-state index < -0.39 is 0 Å². The average molecular weight is 399 g/mol. The smallest absolute Gasteiger partial charge is 0.265 e. The lowest BCUT2D eigenvalue weighted by atomic mass is 9.91. The molecule has 0 atom stereocenters. The van der Waals surface area contributed by atoms with Crippen molar-refractivity contribution in [1.29, 1.82) is 0 Å². The molecule has 1 aliphatic rings. The average Bonchev–Trinajstić information content (AvgIpc) is 2.75. The molecule has 3 aromatic carbocycles. The number of hydrogen-bond acceptors (Lipinski definition) is 4. The number of aryl methyl sites for hydroxylation is 1. The van der Waals surface area contributed by atoms with Crippen LogP contribution in [0.5, 0.6) is 11.5 Å². The van der Waals surface area contributed by atoms with Crippen molar-refractivity contribution in [3.05, 3.63) is 89.0 Å². The molecule has 1 heterocycles. The van der Waals surface area contributed by atoms with Crippen molar-refractivity contribution < 1.29 is 19.4 Å². The van der Waals surface area contributed by atoms with Crippen LogP contribution >= 0.6 is 0 Å². The minimum atomic E-state index is -0.390. The van der Waals surface area contributed by atoms with Gasteiger partial charge in [0.05, 0.1) is 12.3 Å². The van der Waals surface area contributed by atoms with Crippen molar-refractivity contribution in [2.45, 2.75) is 13.8 Å². The summed E-state index contributed by atoms with van der Waals surface area (Å²) in [7, 11) is 0. The third-order valence-corrected chi connectivity index (χ3v) is 5.04. The molecule has 30 heavy (non-hydrogen) atoms. The first kappa shape index (κ1) is 19.5. The van der Waals surface area contributed by atoms with Crippen molar-refractivity contribution in [2.24, 2.45) is 0 Å². The molecule has 0 bridgehead atoms. The fraction of sp³-hybridized carbons (Fsp3) is 0.120. The minimum absolute atomic E-state index is 0.0334. The Morgan fingerprint density at radius 1 is 0.933 bits per heavy atom. The van der Waals surface area contributed by atoms with E-state index >= 15 is 0 Å². The number of carbonyl (C=O) groups excluding carboxylic acids is 2. The van der Waals surface area contributed by atoms with Gasteiger partial charge in [0.2, 0.25) is 0 Å². The molecule has 0 radical (unpaired) electrons. The van der Waals surface area contributed by atoms with Crippen LogP contribution in [0.4, 0.5) is 5.69 Å². The van der Waals surface area contributed by atoms with Gasteiger partial charge in [-0.15, -0.1) is 0 Å². The lowest BCUT2D eigenvalue weighted by molar-refractivity contribution is -0.112. The molecule has 4 rings (SSSR count). The predicted octanol–water partition coefficient (Wildman–Crippen LogP) is 4.83. The molecule has 0 spiro atoms. The molecule has 0 aromatic heterocycles. The second-order valence-corrected chi connectivity index (χ2v) is 7.00. The summed E-state index contributed by atoms with van der Waals surface area (Å²) < 4.78 is 5.46. The van der Waals surface area contributed by atoms with Crippen molar-refractivity contribution in [3.63, 3.8) is 0 Å². The number of amides is 2. The Labute approximate surface area is 174 Å². The molecular formula is C25H21NO4. The number of hydrogen-bond donors (Lipinski definition) is 1. The summed E-state index contributed by atoms with van der Waals surface area (Å²) in [6, 6.07) is 19.3. The Hall–Kier alpha value is -3.86. The van der Waals surface area contributed by atoms with Crippen LogP contribution in [0.3, 0.4) is 0 Å². The van der Waals surface area contributed by atoms with Gasteiger partial charge in [0.15, 0.2) is 11.5 Å². The van der Waals surface area contributed by atoms with Crippen molar-refractivity contribution in [3.8, 4) is 11.5 Å². The van der Waals surface area contributed by atoms with Gasteiger partial charge in [-0.1, -0.05) is 42.5 Å². The molecule has 0 saturated heterocycles. The highest BCUT2D eigenvalue weighted by atomic mass is 16.5. The minimum Gasteiger partial charge on any atom is -0.504 e. The first-order valence-electron chi connectivity index (χ1n) is 9.72. The fourth-order valence-corrected chi connectivity index (χ4v) is 3.58. The lowest BCUT2D eigenvalue weighted by Crippen LogP contribution is -2.42. The molecule has 1 aliphatic heterocycles. The molecule has 0 aliphatic carbocycles. The monoisotopic (exact) mass is 399 g/mol. The maximum Gasteiger partial charge on any atom is 0.265 e. The largest absolute Gasteiger partial charge is 0.504 e. The van der Waals surface area contributed by atoms with E-state index in [1.165, 1.54) is 11.0 Å². The van der Waals surface area contributed by atoms with Gasteiger partial charge in [-0.25, -0.2) is 4.90 Å². The van der Waals surface area contributed by atoms with Crippen LogP contribution in [0.15, 0.2) is 66.7 Å². The highest BCUT2D eigenvalue weighted by Crippen LogP contribution is 2.35. The summed E-state index contributed by atoms with van der Waals surface area (Å²) in [5.41, 5.74) is 3.55. The molecule has 2 amide bonds. The van der Waals surface area contributed by atoms with Gasteiger partial charge in [0.25, 0.3) is 11.8 Å². The molecule has 3 aromatic rings. The standard InChI is InChI=1S/C25H21NO4/c1-3-30-23-15-17(12-13-22(23)27)14-20-18-9-5-6-10-19(18)24(28)26(25(20)29)21-11-7-4-8-16(21)2/h4-15,27H,3H2,1-2H3/b20-14-. The maximum atomic E-state index is 13.5. The summed E-state index contributed by atoms with van der Waals surface area (Å²) in [5, 5.41) is 9.97. The molecule has 5 heteroatoms. The van der Waals surface area contributed by atoms with Gasteiger partial charge in [-0.05, 0) is 60.9 Å². The number of benzene rings is 3. The summed E-state index contributed by atoms with van der Waals surface area (Å²) in [6.45, 7) is 4.11. The fourth-order valence-electron chi connectivity index (χ4n) is 3.58. The number of rotatable bonds is 4. The molecule has 0 unspecified atom stereocenters. The summed E-state index contributed by atoms with van der Waals surface area (Å²) >= 11 is 0. The van der Waals surface area contributed by atoms with E-state index in [2.05, 4.69) is 0 Å². The summed E-state index contributed by atoms with van der Waals surface area (Å²) in [5.74, 6) is -0.358. The third-order valence-electron chi connectivity index (χ3n) is 5.04. The first-order valence-corrected chi connectivity index (χ1v) is 9.72. The van der Waals surface area contributed by atoms with E-state index in [9.17, 15) is 14.7 Å². The SMILES string of the molecule is CCOc1cc(/C=C2\C(=O)N(c3ccccc3C)C(=O)c3ccccc32)ccc1O. The molecule has 1 N–H and O–H groups in total. The number of para-hydroxylation sites is 1. The molecule has 5 nitrogen and oxygen atoms in total. The van der Waals surface area contributed by atoms with Crippen LogP contribution in [0.1, 0.15) is 34.0 Å². The Morgan fingerprint density at radius 2 is 1.63 bits per heavy atom. The van der Waals surface area contributed by atoms with Crippen LogP contribution in [0.25, 0.3) is 11.6 Å². The van der Waals surface area contributed by atoms with Crippen LogP contribution in [0, 0.1) is 6.92 Å². The van der Waals surface area contributed by atoms with Gasteiger partial charge in [0.1, 0.15) is 0 Å². The van der Waals surface area contributed by atoms with E-state index in [0.717, 1.165) is 5.56 Å². The molecular weight excluding hydrogens is 378 g/mol. The zero-order valence-electron chi connectivity index (χ0n) is 16.8. The molecule has 0 saturated carbocycles. The quantitative estimate of drug-likeness (QED) is 0.504. The van der Waals surface area contributed by atoms with Crippen LogP contribution in [-0.4, -0.2) is 23.5 Å². The predicted molar refractivity (Wildman–Crippen MR) is 117 cm³/mol. The van der Waals surface area contributed by atoms with Gasteiger partial charge in [0, 0.05) is 11.1 Å². The second kappa shape index (κ2) is 7.87. The summed E-state index contributed by atoms with van der Waals surface area (Å²) in [6.07, 6.45) is 1.72. The maximum absolute atomic E-state index is 13.5. The van der Waals surface area contributed by atoms with Gasteiger partial charge >= 0.3 is 0 Å². The number of phenols is 1. The van der Waals surface area contributed by atoms with Crippen LogP contribution in [0.2, 0.25) is 0 Å². The number of phenolic OH excluding ortho intramolecular Hbond substituents is 1. The Morgan fingerprint density at radius 3 is 2.37 bits per heavy atom. The van der Waals surface area contributed by atoms with Crippen molar-refractivity contribution in [1.82, 2.24) is 0 Å². The van der Waals surface area contributed by atoms with Gasteiger partial charge in [-0.2, -0.15) is 0 Å². The van der Waals surface area contributed by atoms with Gasteiger partial charge in [-0.3, -0.25) is 9.59 Å². The lowest BCUT2D eigenvalue weighted by Gasteiger charge is -2.29. The van der Waals surface area contributed by atoms with Crippen molar-refractivity contribution in [2.75, 3.05) is 11.5 Å². The Kier molecular flexibility index (Phi) is 5.11. The molecule has 150 valence electrons. The topological polar surface area (TPSA) is 66.8 Å². The normalized spacial score (nSPS) is 14.7. The third kappa shape index (κ3) is 3.35. The number of carbonyl (C=O) groups is 2. The highest BCUT2D eigenvalue weighted by molar-refractivity contribution is 6.43. The van der Waals surface area contributed by atoms with E-state index in [1.807, 2.05) is 26.0 Å². The highest BCUT2D eigenvalue weighted by Gasteiger charge is 2.36. The van der Waals surface area contributed by atoms with E-state index in [4.69, 9.17) is 4.74 Å². The summed E-state index contributed by atoms with van der Waals surface area (Å²) in [4.78, 5) is 27.9. The number of nitrogens with zero attached hydrogens (tertiary/aromatic N) is 1. The zero-order valence-corrected chi connectivity index (χ0v) is 16.8. The van der Waals surface area contributed by atoms with E-state index in [0.29, 0.717) is 40.3 Å².